The minimum absolute atomic E-state index is 0.132. The SMILES string of the molecule is CCCC(=O)OC(C)(C#N)C(F)(F)F. The summed E-state index contributed by atoms with van der Waals surface area (Å²) in [5.74, 6) is -1.02. The van der Waals surface area contributed by atoms with Crippen molar-refractivity contribution < 1.29 is 22.7 Å². The molecule has 0 bridgehead atoms. The van der Waals surface area contributed by atoms with Gasteiger partial charge in [-0.05, 0) is 13.3 Å². The topological polar surface area (TPSA) is 50.1 Å². The predicted octanol–water partition coefficient (Wildman–Crippen LogP) is 2.17. The Kier molecular flexibility index (Phi) is 3.93. The van der Waals surface area contributed by atoms with Gasteiger partial charge >= 0.3 is 12.1 Å². The van der Waals surface area contributed by atoms with Crippen LogP contribution >= 0.6 is 0 Å². The molecular formula is C8H10F3NO2. The maximum absolute atomic E-state index is 12.2. The molecule has 0 aliphatic carbocycles. The second-order valence-corrected chi connectivity index (χ2v) is 2.87. The monoisotopic (exact) mass is 209 g/mol. The minimum atomic E-state index is -4.87. The third-order valence-electron chi connectivity index (χ3n) is 1.53. The van der Waals surface area contributed by atoms with Gasteiger partial charge in [0.1, 0.15) is 6.07 Å². The van der Waals surface area contributed by atoms with Crippen molar-refractivity contribution in [1.82, 2.24) is 0 Å². The second-order valence-electron chi connectivity index (χ2n) is 2.87. The van der Waals surface area contributed by atoms with Crippen LogP contribution in [0.5, 0.6) is 0 Å². The van der Waals surface area contributed by atoms with Crippen LogP contribution in [0.1, 0.15) is 26.7 Å². The van der Waals surface area contributed by atoms with E-state index < -0.39 is 17.7 Å². The van der Waals surface area contributed by atoms with Crippen LogP contribution in [0, 0.1) is 11.3 Å². The summed E-state index contributed by atoms with van der Waals surface area (Å²) in [6, 6.07) is 0.940. The van der Waals surface area contributed by atoms with E-state index >= 15 is 0 Å². The number of ether oxygens (including phenoxy) is 1. The van der Waals surface area contributed by atoms with E-state index in [1.807, 2.05) is 0 Å². The number of carbonyl (C=O) groups excluding carboxylic acids is 1. The fourth-order valence-electron chi connectivity index (χ4n) is 0.627. The first kappa shape index (κ1) is 12.8. The molecule has 6 heteroatoms. The minimum Gasteiger partial charge on any atom is -0.434 e. The molecule has 0 N–H and O–H groups in total. The summed E-state index contributed by atoms with van der Waals surface area (Å²) in [6.45, 7) is 2.15. The number of hydrogen-bond donors (Lipinski definition) is 0. The third-order valence-corrected chi connectivity index (χ3v) is 1.53. The molecule has 0 saturated heterocycles. The Morgan fingerprint density at radius 2 is 2.00 bits per heavy atom. The van der Waals surface area contributed by atoms with Gasteiger partial charge < -0.3 is 4.74 Å². The third kappa shape index (κ3) is 2.91. The van der Waals surface area contributed by atoms with E-state index in [-0.39, 0.29) is 6.42 Å². The highest BCUT2D eigenvalue weighted by molar-refractivity contribution is 5.70. The number of hydrogen-bond acceptors (Lipinski definition) is 3. The number of esters is 1. The quantitative estimate of drug-likeness (QED) is 0.669. The fraction of sp³-hybridized carbons (Fsp3) is 0.750. The van der Waals surface area contributed by atoms with Crippen molar-refractivity contribution in [2.75, 3.05) is 0 Å². The molecule has 0 aliphatic heterocycles. The van der Waals surface area contributed by atoms with Crippen LogP contribution in [0.3, 0.4) is 0 Å². The number of carbonyl (C=O) groups is 1. The van der Waals surface area contributed by atoms with Gasteiger partial charge in [-0.15, -0.1) is 0 Å². The molecule has 0 aliphatic rings. The van der Waals surface area contributed by atoms with E-state index in [2.05, 4.69) is 4.74 Å². The molecule has 0 rings (SSSR count). The van der Waals surface area contributed by atoms with Crippen LogP contribution in [-0.4, -0.2) is 17.7 Å². The van der Waals surface area contributed by atoms with Gasteiger partial charge in [0, 0.05) is 6.42 Å². The lowest BCUT2D eigenvalue weighted by atomic mass is 10.1. The Hall–Kier alpha value is -1.25. The maximum atomic E-state index is 12.2. The van der Waals surface area contributed by atoms with Crippen LogP contribution in [0.15, 0.2) is 0 Å². The van der Waals surface area contributed by atoms with Crippen LogP contribution in [0.25, 0.3) is 0 Å². The lowest BCUT2D eigenvalue weighted by molar-refractivity contribution is -0.243. The van der Waals surface area contributed by atoms with Gasteiger partial charge in [0.05, 0.1) is 0 Å². The molecule has 3 nitrogen and oxygen atoms in total. The van der Waals surface area contributed by atoms with E-state index in [0.717, 1.165) is 6.07 Å². The summed E-state index contributed by atoms with van der Waals surface area (Å²) in [7, 11) is 0. The van der Waals surface area contributed by atoms with Crippen molar-refractivity contribution in [3.8, 4) is 6.07 Å². The van der Waals surface area contributed by atoms with E-state index in [9.17, 15) is 18.0 Å². The van der Waals surface area contributed by atoms with Gasteiger partial charge in [0.15, 0.2) is 0 Å². The van der Waals surface area contributed by atoms with Crippen molar-refractivity contribution in [1.29, 1.82) is 5.26 Å². The van der Waals surface area contributed by atoms with Crippen molar-refractivity contribution in [3.05, 3.63) is 0 Å². The summed E-state index contributed by atoms with van der Waals surface area (Å²) in [4.78, 5) is 10.8. The summed E-state index contributed by atoms with van der Waals surface area (Å²) in [5.41, 5.74) is -3.04. The summed E-state index contributed by atoms with van der Waals surface area (Å²) >= 11 is 0. The highest BCUT2D eigenvalue weighted by atomic mass is 19.4. The second kappa shape index (κ2) is 4.31. The van der Waals surface area contributed by atoms with Crippen LogP contribution < -0.4 is 0 Å². The van der Waals surface area contributed by atoms with Gasteiger partial charge in [-0.1, -0.05) is 6.92 Å². The molecule has 80 valence electrons. The van der Waals surface area contributed by atoms with E-state index in [1.165, 1.54) is 0 Å². The Morgan fingerprint density at radius 1 is 1.50 bits per heavy atom. The molecule has 14 heavy (non-hydrogen) atoms. The Morgan fingerprint density at radius 3 is 2.29 bits per heavy atom. The van der Waals surface area contributed by atoms with Crippen LogP contribution in [0.4, 0.5) is 13.2 Å². The number of halogens is 3. The molecule has 0 spiro atoms. The zero-order valence-corrected chi connectivity index (χ0v) is 7.81. The van der Waals surface area contributed by atoms with Crippen LogP contribution in [-0.2, 0) is 9.53 Å². The normalized spacial score (nSPS) is 15.4. The lowest BCUT2D eigenvalue weighted by Gasteiger charge is -2.24. The standard InChI is InChI=1S/C8H10F3NO2/c1-3-4-6(13)14-7(2,5-12)8(9,10)11/h3-4H2,1-2H3. The first-order chi connectivity index (χ1) is 6.27. The van der Waals surface area contributed by atoms with Crippen molar-refractivity contribution in [3.63, 3.8) is 0 Å². The largest absolute Gasteiger partial charge is 0.442 e. The molecule has 0 aromatic rings. The molecule has 0 amide bonds. The zero-order valence-electron chi connectivity index (χ0n) is 7.81. The lowest BCUT2D eigenvalue weighted by Crippen LogP contribution is -2.45. The molecule has 0 radical (unpaired) electrons. The molecule has 0 fully saturated rings. The van der Waals surface area contributed by atoms with Gasteiger partial charge in [-0.25, -0.2) is 0 Å². The Bertz CT molecular complexity index is 256. The maximum Gasteiger partial charge on any atom is 0.442 e. The van der Waals surface area contributed by atoms with E-state index in [1.54, 1.807) is 6.92 Å². The van der Waals surface area contributed by atoms with Gasteiger partial charge in [-0.2, -0.15) is 18.4 Å². The molecule has 0 aromatic heterocycles. The molecular weight excluding hydrogens is 199 g/mol. The Labute approximate surface area is 79.5 Å². The molecule has 0 aromatic carbocycles. The number of rotatable bonds is 3. The highest BCUT2D eigenvalue weighted by Gasteiger charge is 2.55. The van der Waals surface area contributed by atoms with Crippen molar-refractivity contribution in [2.24, 2.45) is 0 Å². The van der Waals surface area contributed by atoms with Crippen LogP contribution in [0.2, 0.25) is 0 Å². The van der Waals surface area contributed by atoms with Gasteiger partial charge in [0.25, 0.3) is 5.60 Å². The Balaban J connectivity index is 4.60. The summed E-state index contributed by atoms with van der Waals surface area (Å²) < 4.78 is 40.7. The van der Waals surface area contributed by atoms with Crippen molar-refractivity contribution in [2.45, 2.75) is 38.5 Å². The number of alkyl halides is 3. The first-order valence-electron chi connectivity index (χ1n) is 3.96. The summed E-state index contributed by atoms with van der Waals surface area (Å²) in [5, 5.41) is 8.29. The van der Waals surface area contributed by atoms with Gasteiger partial charge in [0.2, 0.25) is 0 Å². The molecule has 1 atom stereocenters. The number of nitriles is 1. The van der Waals surface area contributed by atoms with E-state index in [0.29, 0.717) is 13.3 Å². The smallest absolute Gasteiger partial charge is 0.434 e. The number of nitrogens with zero attached hydrogens (tertiary/aromatic N) is 1. The average molecular weight is 209 g/mol. The zero-order chi connectivity index (χ0) is 11.4. The van der Waals surface area contributed by atoms with Crippen molar-refractivity contribution >= 4 is 5.97 Å². The molecule has 1 unspecified atom stereocenters. The molecule has 0 saturated carbocycles. The highest BCUT2D eigenvalue weighted by Crippen LogP contribution is 2.33. The average Bonchev–Trinajstić information content (AvgIpc) is 2.02. The predicted molar refractivity (Wildman–Crippen MR) is 41.1 cm³/mol. The fourth-order valence-corrected chi connectivity index (χ4v) is 0.627. The summed E-state index contributed by atoms with van der Waals surface area (Å²) in [6.07, 6.45) is -4.63. The first-order valence-corrected chi connectivity index (χ1v) is 3.96. The van der Waals surface area contributed by atoms with Gasteiger partial charge in [-0.3, -0.25) is 4.79 Å². The van der Waals surface area contributed by atoms with E-state index in [4.69, 9.17) is 5.26 Å². The molecule has 0 heterocycles.